The third-order valence-electron chi connectivity index (χ3n) is 7.14. The van der Waals surface area contributed by atoms with Gasteiger partial charge >= 0.3 is 0 Å². The molecule has 0 aliphatic carbocycles. The molecule has 2 aliphatic rings. The summed E-state index contributed by atoms with van der Waals surface area (Å²) in [6.45, 7) is 7.55. The van der Waals surface area contributed by atoms with Gasteiger partial charge in [-0.3, -0.25) is 9.69 Å². The SMILES string of the molecule is Cc1cc(/C=C/C#N)cc(C)c1Oc1nc(NC2CCN(Cc3ccc(C(N)=O)cc3)CC2)nc2c1COC2. The van der Waals surface area contributed by atoms with Gasteiger partial charge in [0, 0.05) is 37.3 Å². The fraction of sp³-hybridized carbons (Fsp3) is 0.333. The summed E-state index contributed by atoms with van der Waals surface area (Å²) in [5.41, 5.74) is 11.6. The van der Waals surface area contributed by atoms with Crippen LogP contribution in [0.4, 0.5) is 5.95 Å². The molecule has 0 radical (unpaired) electrons. The summed E-state index contributed by atoms with van der Waals surface area (Å²) in [6.07, 6.45) is 5.17. The van der Waals surface area contributed by atoms with Gasteiger partial charge in [0.1, 0.15) is 5.75 Å². The maximum atomic E-state index is 11.3. The lowest BCUT2D eigenvalue weighted by Crippen LogP contribution is -2.39. The first-order valence-corrected chi connectivity index (χ1v) is 13.1. The fourth-order valence-electron chi connectivity index (χ4n) is 5.09. The molecular formula is C30H32N6O3. The van der Waals surface area contributed by atoms with Gasteiger partial charge in [-0.15, -0.1) is 0 Å². The van der Waals surface area contributed by atoms with Crippen LogP contribution < -0.4 is 15.8 Å². The lowest BCUT2D eigenvalue weighted by Gasteiger charge is -2.32. The minimum absolute atomic E-state index is 0.251. The third kappa shape index (κ3) is 6.25. The van der Waals surface area contributed by atoms with Gasteiger partial charge in [0.05, 0.1) is 30.5 Å². The Balaban J connectivity index is 1.25. The number of aromatic nitrogens is 2. The summed E-state index contributed by atoms with van der Waals surface area (Å²) >= 11 is 0. The highest BCUT2D eigenvalue weighted by Crippen LogP contribution is 2.35. The van der Waals surface area contributed by atoms with Crippen LogP contribution in [0.15, 0.2) is 42.5 Å². The van der Waals surface area contributed by atoms with Crippen LogP contribution in [-0.2, 0) is 24.5 Å². The number of carbonyl (C=O) groups excluding carboxylic acids is 1. The minimum Gasteiger partial charge on any atom is -0.438 e. The summed E-state index contributed by atoms with van der Waals surface area (Å²) in [6, 6.07) is 13.8. The van der Waals surface area contributed by atoms with Crippen LogP contribution in [0.5, 0.6) is 11.6 Å². The van der Waals surface area contributed by atoms with Crippen molar-refractivity contribution in [2.45, 2.75) is 52.5 Å². The van der Waals surface area contributed by atoms with E-state index in [1.54, 1.807) is 18.2 Å². The lowest BCUT2D eigenvalue weighted by atomic mass is 10.0. The van der Waals surface area contributed by atoms with E-state index in [1.807, 2.05) is 44.2 Å². The molecule has 0 spiro atoms. The van der Waals surface area contributed by atoms with E-state index >= 15 is 0 Å². The first-order valence-electron chi connectivity index (χ1n) is 13.1. The minimum atomic E-state index is -0.407. The number of nitriles is 1. The van der Waals surface area contributed by atoms with Gasteiger partial charge in [-0.1, -0.05) is 12.1 Å². The van der Waals surface area contributed by atoms with Gasteiger partial charge in [0.15, 0.2) is 0 Å². The van der Waals surface area contributed by atoms with E-state index in [9.17, 15) is 4.79 Å². The van der Waals surface area contributed by atoms with Crippen molar-refractivity contribution < 1.29 is 14.3 Å². The van der Waals surface area contributed by atoms with Crippen LogP contribution >= 0.6 is 0 Å². The Bertz CT molecular complexity index is 1410. The van der Waals surface area contributed by atoms with Crippen LogP contribution in [0.25, 0.3) is 6.08 Å². The molecule has 3 N–H and O–H groups in total. The Morgan fingerprint density at radius 1 is 1.18 bits per heavy atom. The summed E-state index contributed by atoms with van der Waals surface area (Å²) < 4.78 is 12.1. The van der Waals surface area contributed by atoms with Crippen LogP contribution in [0, 0.1) is 25.2 Å². The fourth-order valence-corrected chi connectivity index (χ4v) is 5.09. The summed E-state index contributed by atoms with van der Waals surface area (Å²) in [4.78, 5) is 23.2. The molecule has 39 heavy (non-hydrogen) atoms. The summed E-state index contributed by atoms with van der Waals surface area (Å²) in [5.74, 6) is 1.41. The number of ether oxygens (including phenoxy) is 2. The van der Waals surface area contributed by atoms with Gasteiger partial charge in [0.2, 0.25) is 17.7 Å². The Kier molecular flexibility index (Phi) is 7.87. The van der Waals surface area contributed by atoms with Crippen LogP contribution in [-0.4, -0.2) is 39.9 Å². The molecular weight excluding hydrogens is 492 g/mol. The molecule has 2 aromatic carbocycles. The van der Waals surface area contributed by atoms with Gasteiger partial charge in [0.25, 0.3) is 0 Å². The number of primary amides is 1. The molecule has 9 nitrogen and oxygen atoms in total. The molecule has 1 saturated heterocycles. The molecule has 200 valence electrons. The second kappa shape index (κ2) is 11.6. The van der Waals surface area contributed by atoms with Crippen molar-refractivity contribution >= 4 is 17.9 Å². The number of nitrogens with two attached hydrogens (primary N) is 1. The van der Waals surface area contributed by atoms with Gasteiger partial charge in [-0.25, -0.2) is 4.98 Å². The molecule has 5 rings (SSSR count). The highest BCUT2D eigenvalue weighted by molar-refractivity contribution is 5.92. The van der Waals surface area contributed by atoms with Crippen molar-refractivity contribution in [1.82, 2.24) is 14.9 Å². The molecule has 0 saturated carbocycles. The zero-order valence-electron chi connectivity index (χ0n) is 22.2. The number of piperidine rings is 1. The number of nitrogens with zero attached hydrogens (tertiary/aromatic N) is 4. The zero-order chi connectivity index (χ0) is 27.4. The van der Waals surface area contributed by atoms with E-state index in [2.05, 4.69) is 10.2 Å². The Hall–Kier alpha value is -4.26. The lowest BCUT2D eigenvalue weighted by molar-refractivity contribution is 0.1000. The molecule has 1 fully saturated rings. The third-order valence-corrected chi connectivity index (χ3v) is 7.14. The van der Waals surface area contributed by atoms with Crippen molar-refractivity contribution in [3.05, 3.63) is 81.5 Å². The average molecular weight is 525 g/mol. The number of benzene rings is 2. The van der Waals surface area contributed by atoms with Crippen molar-refractivity contribution in [1.29, 1.82) is 5.26 Å². The normalized spacial score (nSPS) is 15.7. The molecule has 0 bridgehead atoms. The zero-order valence-corrected chi connectivity index (χ0v) is 22.2. The standard InChI is InChI=1S/C30H32N6O3/c1-19-14-22(4-3-11-31)15-20(2)27(19)39-29-25-17-38-18-26(25)34-30(35-29)33-24-9-12-36(13-10-24)16-21-5-7-23(8-6-21)28(32)37/h3-8,14-15,24H,9-10,12-13,16-18H2,1-2H3,(H2,32,37)(H,33,34,35)/b4-3+. The van der Waals surface area contributed by atoms with E-state index in [1.165, 1.54) is 6.08 Å². The molecule has 0 unspecified atom stereocenters. The number of anilines is 1. The molecule has 1 amide bonds. The Labute approximate surface area is 228 Å². The highest BCUT2D eigenvalue weighted by atomic mass is 16.5. The molecule has 0 atom stereocenters. The van der Waals surface area contributed by atoms with E-state index in [4.69, 9.17) is 30.4 Å². The Morgan fingerprint density at radius 2 is 1.90 bits per heavy atom. The predicted octanol–water partition coefficient (Wildman–Crippen LogP) is 4.63. The Morgan fingerprint density at radius 3 is 2.56 bits per heavy atom. The molecule has 3 heterocycles. The molecule has 2 aliphatic heterocycles. The second-order valence-electron chi connectivity index (χ2n) is 10.1. The van der Waals surface area contributed by atoms with Crippen molar-refractivity contribution in [3.63, 3.8) is 0 Å². The van der Waals surface area contributed by atoms with Crippen LogP contribution in [0.1, 0.15) is 56.7 Å². The van der Waals surface area contributed by atoms with Crippen LogP contribution in [0.3, 0.4) is 0 Å². The van der Waals surface area contributed by atoms with Gasteiger partial charge < -0.3 is 20.5 Å². The highest BCUT2D eigenvalue weighted by Gasteiger charge is 2.25. The molecule has 1 aromatic heterocycles. The number of fused-ring (bicyclic) bond motifs is 1. The van der Waals surface area contributed by atoms with Crippen LogP contribution in [0.2, 0.25) is 0 Å². The molecule has 3 aromatic rings. The van der Waals surface area contributed by atoms with E-state index in [-0.39, 0.29) is 6.04 Å². The van der Waals surface area contributed by atoms with Gasteiger partial charge in [-0.2, -0.15) is 10.2 Å². The average Bonchev–Trinajstić information content (AvgIpc) is 3.40. The maximum absolute atomic E-state index is 11.3. The number of allylic oxidation sites excluding steroid dienone is 1. The summed E-state index contributed by atoms with van der Waals surface area (Å²) in [7, 11) is 0. The monoisotopic (exact) mass is 524 g/mol. The number of rotatable bonds is 8. The van der Waals surface area contributed by atoms with Gasteiger partial charge in [-0.05, 0) is 79.3 Å². The van der Waals surface area contributed by atoms with E-state index < -0.39 is 5.91 Å². The smallest absolute Gasteiger partial charge is 0.248 e. The maximum Gasteiger partial charge on any atom is 0.248 e. The molecule has 9 heteroatoms. The van der Waals surface area contributed by atoms with E-state index in [0.717, 1.165) is 71.7 Å². The predicted molar refractivity (Wildman–Crippen MR) is 148 cm³/mol. The largest absolute Gasteiger partial charge is 0.438 e. The topological polar surface area (TPSA) is 126 Å². The van der Waals surface area contributed by atoms with Crippen molar-refractivity contribution in [3.8, 4) is 17.7 Å². The number of carbonyl (C=O) groups is 1. The summed E-state index contributed by atoms with van der Waals surface area (Å²) in [5, 5.41) is 12.4. The van der Waals surface area contributed by atoms with E-state index in [0.29, 0.717) is 30.6 Å². The number of aryl methyl sites for hydroxylation is 2. The number of hydrogen-bond donors (Lipinski definition) is 2. The number of hydrogen-bond acceptors (Lipinski definition) is 8. The van der Waals surface area contributed by atoms with Crippen molar-refractivity contribution in [2.75, 3.05) is 18.4 Å². The number of amides is 1. The quantitative estimate of drug-likeness (QED) is 0.409. The number of likely N-dealkylation sites (tertiary alicyclic amines) is 1. The first kappa shape index (κ1) is 26.4. The number of nitrogens with one attached hydrogen (secondary N) is 1. The first-order chi connectivity index (χ1) is 18.9. The second-order valence-corrected chi connectivity index (χ2v) is 10.1. The van der Waals surface area contributed by atoms with Crippen molar-refractivity contribution in [2.24, 2.45) is 5.73 Å².